The molecule has 43 heavy (non-hydrogen) atoms. The predicted molar refractivity (Wildman–Crippen MR) is 169 cm³/mol. The fourth-order valence-corrected chi connectivity index (χ4v) is 5.26. The van der Waals surface area contributed by atoms with Crippen LogP contribution in [0.2, 0.25) is 5.02 Å². The van der Waals surface area contributed by atoms with Gasteiger partial charge in [-0.15, -0.1) is 0 Å². The van der Waals surface area contributed by atoms with Crippen LogP contribution in [-0.2, 0) is 17.9 Å². The standard InChI is InChI=1S/C34H39ClN4O4/c1-25(2)42-30-14-12-26(20-27(30)23-39-18-9-16-36-39)22-38-17-7-3-4-8-19-41-32-10-5-6-11-33(32)43-31-15-13-28(35)21-29(31)37-34(40)24-38/h5-6,9-16,18,20-21,25H,3-4,7-8,17,19,22-24H2,1-2H3,(H,37,40). The highest BCUT2D eigenvalue weighted by atomic mass is 35.5. The molecule has 2 heterocycles. The Morgan fingerprint density at radius 1 is 0.953 bits per heavy atom. The first-order valence-electron chi connectivity index (χ1n) is 14.9. The van der Waals surface area contributed by atoms with Crippen molar-refractivity contribution in [1.29, 1.82) is 0 Å². The van der Waals surface area contributed by atoms with Crippen LogP contribution in [0.1, 0.15) is 50.7 Å². The quantitative estimate of drug-likeness (QED) is 0.245. The average molecular weight is 603 g/mol. The number of fused-ring (bicyclic) bond motifs is 2. The third-order valence-corrected chi connectivity index (χ3v) is 7.30. The lowest BCUT2D eigenvalue weighted by molar-refractivity contribution is -0.117. The maximum Gasteiger partial charge on any atom is 0.238 e. The molecule has 9 heteroatoms. The van der Waals surface area contributed by atoms with Crippen LogP contribution in [0.4, 0.5) is 5.69 Å². The number of aromatic nitrogens is 2. The van der Waals surface area contributed by atoms with Crippen molar-refractivity contribution >= 4 is 23.2 Å². The monoisotopic (exact) mass is 602 g/mol. The second kappa shape index (κ2) is 14.9. The summed E-state index contributed by atoms with van der Waals surface area (Å²) in [5, 5.41) is 7.92. The number of amides is 1. The van der Waals surface area contributed by atoms with Crippen molar-refractivity contribution in [2.24, 2.45) is 0 Å². The van der Waals surface area contributed by atoms with Gasteiger partial charge in [0.2, 0.25) is 5.91 Å². The summed E-state index contributed by atoms with van der Waals surface area (Å²) in [6, 6.07) is 21.0. The summed E-state index contributed by atoms with van der Waals surface area (Å²) >= 11 is 6.32. The van der Waals surface area contributed by atoms with E-state index in [1.807, 2.05) is 61.1 Å². The Morgan fingerprint density at radius 3 is 2.60 bits per heavy atom. The first kappa shape index (κ1) is 30.4. The Morgan fingerprint density at radius 2 is 1.79 bits per heavy atom. The molecule has 0 saturated heterocycles. The Balaban J connectivity index is 1.37. The van der Waals surface area contributed by atoms with Crippen molar-refractivity contribution in [2.75, 3.05) is 25.0 Å². The number of hydrogen-bond acceptors (Lipinski definition) is 6. The Kier molecular flexibility index (Phi) is 10.6. The average Bonchev–Trinajstić information content (AvgIpc) is 3.48. The molecule has 0 unspecified atom stereocenters. The summed E-state index contributed by atoms with van der Waals surface area (Å²) in [5.74, 6) is 2.46. The van der Waals surface area contributed by atoms with Gasteiger partial charge in [0.05, 0.1) is 31.5 Å². The molecule has 0 saturated carbocycles. The van der Waals surface area contributed by atoms with Crippen LogP contribution < -0.4 is 19.5 Å². The van der Waals surface area contributed by atoms with E-state index in [0.29, 0.717) is 47.7 Å². The molecule has 4 aromatic rings. The first-order chi connectivity index (χ1) is 20.9. The zero-order valence-electron chi connectivity index (χ0n) is 24.8. The summed E-state index contributed by atoms with van der Waals surface area (Å²) in [6.07, 6.45) is 7.78. The predicted octanol–water partition coefficient (Wildman–Crippen LogP) is 7.56. The molecular formula is C34H39ClN4O4. The highest BCUT2D eigenvalue weighted by Gasteiger charge is 2.17. The lowest BCUT2D eigenvalue weighted by Crippen LogP contribution is -2.33. The number of halogens is 1. The largest absolute Gasteiger partial charge is 0.491 e. The van der Waals surface area contributed by atoms with Crippen molar-refractivity contribution in [3.05, 3.63) is 95.3 Å². The summed E-state index contributed by atoms with van der Waals surface area (Å²) < 4.78 is 20.3. The van der Waals surface area contributed by atoms with E-state index in [4.69, 9.17) is 25.8 Å². The summed E-state index contributed by atoms with van der Waals surface area (Å²) in [7, 11) is 0. The number of nitrogens with one attached hydrogen (secondary N) is 1. The van der Waals surface area contributed by atoms with Crippen LogP contribution in [0.25, 0.3) is 0 Å². The van der Waals surface area contributed by atoms with Crippen LogP contribution in [0.5, 0.6) is 23.0 Å². The van der Waals surface area contributed by atoms with Gasteiger partial charge < -0.3 is 19.5 Å². The van der Waals surface area contributed by atoms with E-state index < -0.39 is 0 Å². The van der Waals surface area contributed by atoms with E-state index in [2.05, 4.69) is 27.4 Å². The number of benzene rings is 3. The van der Waals surface area contributed by atoms with Gasteiger partial charge in [0.15, 0.2) is 17.2 Å². The molecule has 0 bridgehead atoms. The number of nitrogens with zero attached hydrogens (tertiary/aromatic N) is 3. The number of para-hydroxylation sites is 2. The molecular weight excluding hydrogens is 564 g/mol. The minimum Gasteiger partial charge on any atom is -0.491 e. The van der Waals surface area contributed by atoms with E-state index >= 15 is 0 Å². The molecule has 0 radical (unpaired) electrons. The van der Waals surface area contributed by atoms with Crippen LogP contribution in [0.3, 0.4) is 0 Å². The van der Waals surface area contributed by atoms with Crippen LogP contribution in [0, 0.1) is 0 Å². The highest BCUT2D eigenvalue weighted by Crippen LogP contribution is 2.36. The molecule has 0 aliphatic carbocycles. The van der Waals surface area contributed by atoms with Crippen molar-refractivity contribution in [1.82, 2.24) is 14.7 Å². The van der Waals surface area contributed by atoms with Crippen LogP contribution in [-0.4, -0.2) is 46.4 Å². The lowest BCUT2D eigenvalue weighted by atomic mass is 10.1. The molecule has 8 nitrogen and oxygen atoms in total. The molecule has 1 aromatic heterocycles. The number of rotatable bonds is 6. The van der Waals surface area contributed by atoms with Gasteiger partial charge in [-0.2, -0.15) is 5.10 Å². The third kappa shape index (κ3) is 8.99. The summed E-state index contributed by atoms with van der Waals surface area (Å²) in [5.41, 5.74) is 2.67. The van der Waals surface area contributed by atoms with Crippen molar-refractivity contribution in [2.45, 2.75) is 58.7 Å². The van der Waals surface area contributed by atoms with E-state index in [1.165, 1.54) is 0 Å². The van der Waals surface area contributed by atoms with Gasteiger partial charge in [-0.1, -0.05) is 42.6 Å². The van der Waals surface area contributed by atoms with Gasteiger partial charge in [-0.25, -0.2) is 0 Å². The van der Waals surface area contributed by atoms with Gasteiger partial charge in [-0.3, -0.25) is 14.4 Å². The van der Waals surface area contributed by atoms with Gasteiger partial charge in [-0.05, 0) is 87.3 Å². The van der Waals surface area contributed by atoms with E-state index in [9.17, 15) is 4.79 Å². The molecule has 0 atom stereocenters. The minimum absolute atomic E-state index is 0.0574. The molecule has 226 valence electrons. The fraction of sp³-hybridized carbons (Fsp3) is 0.353. The fourth-order valence-electron chi connectivity index (χ4n) is 5.09. The van der Waals surface area contributed by atoms with Gasteiger partial charge in [0.1, 0.15) is 5.75 Å². The van der Waals surface area contributed by atoms with Crippen LogP contribution >= 0.6 is 11.6 Å². The van der Waals surface area contributed by atoms with E-state index in [-0.39, 0.29) is 18.6 Å². The minimum atomic E-state index is -0.139. The molecule has 5 rings (SSSR count). The van der Waals surface area contributed by atoms with Gasteiger partial charge in [0.25, 0.3) is 0 Å². The first-order valence-corrected chi connectivity index (χ1v) is 15.3. The number of carbonyl (C=O) groups excluding carboxylic acids is 1. The highest BCUT2D eigenvalue weighted by molar-refractivity contribution is 6.31. The van der Waals surface area contributed by atoms with Crippen molar-refractivity contribution < 1.29 is 19.0 Å². The third-order valence-electron chi connectivity index (χ3n) is 7.06. The normalized spacial score (nSPS) is 15.1. The number of ether oxygens (including phenoxy) is 3. The molecule has 1 aliphatic rings. The van der Waals surface area contributed by atoms with E-state index in [1.54, 1.807) is 24.4 Å². The van der Waals surface area contributed by atoms with Crippen LogP contribution in [0.15, 0.2) is 79.1 Å². The molecule has 0 spiro atoms. The van der Waals surface area contributed by atoms with E-state index in [0.717, 1.165) is 49.1 Å². The number of anilines is 1. The maximum absolute atomic E-state index is 13.4. The molecule has 3 aromatic carbocycles. The summed E-state index contributed by atoms with van der Waals surface area (Å²) in [4.78, 5) is 15.6. The van der Waals surface area contributed by atoms with Crippen molar-refractivity contribution in [3.8, 4) is 23.0 Å². The maximum atomic E-state index is 13.4. The zero-order valence-corrected chi connectivity index (χ0v) is 25.6. The second-order valence-corrected chi connectivity index (χ2v) is 11.5. The molecule has 0 fully saturated rings. The Hall–Kier alpha value is -4.01. The summed E-state index contributed by atoms with van der Waals surface area (Å²) in [6.45, 7) is 6.90. The number of carbonyl (C=O) groups is 1. The smallest absolute Gasteiger partial charge is 0.238 e. The lowest BCUT2D eigenvalue weighted by Gasteiger charge is -2.24. The zero-order chi connectivity index (χ0) is 30.0. The Labute approximate surface area is 258 Å². The Bertz CT molecular complexity index is 1490. The molecule has 1 aliphatic heterocycles. The van der Waals surface area contributed by atoms with Gasteiger partial charge in [0, 0.05) is 29.5 Å². The molecule has 1 amide bonds. The second-order valence-electron chi connectivity index (χ2n) is 11.0. The molecule has 1 N–H and O–H groups in total. The SMILES string of the molecule is CC(C)Oc1ccc(CN2CCCCCCOc3ccccc3Oc3ccc(Cl)cc3NC(=O)C2)cc1Cn1cccn1. The topological polar surface area (TPSA) is 77.9 Å². The van der Waals surface area contributed by atoms with Gasteiger partial charge >= 0.3 is 0 Å². The number of hydrogen-bond donors (Lipinski definition) is 1. The van der Waals surface area contributed by atoms with Crippen molar-refractivity contribution in [3.63, 3.8) is 0 Å².